The van der Waals surface area contributed by atoms with Gasteiger partial charge in [0.05, 0.1) is 31.4 Å². The second kappa shape index (κ2) is 5.40. The maximum Gasteiger partial charge on any atom is 0.148 e. The van der Waals surface area contributed by atoms with Gasteiger partial charge in [-0.05, 0) is 31.9 Å². The molecule has 102 valence electrons. The van der Waals surface area contributed by atoms with Crippen molar-refractivity contribution in [3.05, 3.63) is 17.7 Å². The van der Waals surface area contributed by atoms with Crippen LogP contribution < -0.4 is 14.8 Å². The fourth-order valence-electron chi connectivity index (χ4n) is 2.49. The molecule has 0 amide bonds. The quantitative estimate of drug-likeness (QED) is 0.883. The summed E-state index contributed by atoms with van der Waals surface area (Å²) in [7, 11) is 3.30. The molecule has 2 rings (SSSR count). The molecule has 0 radical (unpaired) electrons. The van der Waals surface area contributed by atoms with E-state index in [9.17, 15) is 5.26 Å². The summed E-state index contributed by atoms with van der Waals surface area (Å²) in [5, 5.41) is 12.6. The van der Waals surface area contributed by atoms with Gasteiger partial charge in [0.25, 0.3) is 0 Å². The van der Waals surface area contributed by atoms with Gasteiger partial charge in [0.2, 0.25) is 0 Å². The van der Waals surface area contributed by atoms with Gasteiger partial charge in [-0.2, -0.15) is 5.26 Å². The van der Waals surface area contributed by atoms with Crippen LogP contribution >= 0.6 is 0 Å². The van der Waals surface area contributed by atoms with Crippen molar-refractivity contribution in [1.29, 1.82) is 5.26 Å². The van der Waals surface area contributed by atoms with Crippen molar-refractivity contribution in [2.75, 3.05) is 26.1 Å². The van der Waals surface area contributed by atoms with Crippen LogP contribution in [0.3, 0.4) is 0 Å². The minimum atomic E-state index is -0.196. The highest BCUT2D eigenvalue weighted by Gasteiger charge is 2.37. The molecule has 0 aliphatic heterocycles. The highest BCUT2D eigenvalue weighted by molar-refractivity contribution is 5.64. The Bertz CT molecular complexity index is 502. The summed E-state index contributed by atoms with van der Waals surface area (Å²) in [6, 6.07) is 6.29. The highest BCUT2D eigenvalue weighted by atomic mass is 16.5. The number of nitrogens with zero attached hydrogens (tertiary/aromatic N) is 1. The van der Waals surface area contributed by atoms with Gasteiger partial charge in [0.15, 0.2) is 0 Å². The molecule has 4 heteroatoms. The largest absolute Gasteiger partial charge is 0.496 e. The van der Waals surface area contributed by atoms with Gasteiger partial charge < -0.3 is 14.8 Å². The first kappa shape index (κ1) is 13.5. The lowest BCUT2D eigenvalue weighted by atomic mass is 9.70. The van der Waals surface area contributed by atoms with Gasteiger partial charge in [-0.3, -0.25) is 0 Å². The lowest BCUT2D eigenvalue weighted by molar-refractivity contribution is 0.233. The van der Waals surface area contributed by atoms with Gasteiger partial charge in [-0.15, -0.1) is 0 Å². The molecule has 1 aromatic carbocycles. The van der Waals surface area contributed by atoms with Crippen molar-refractivity contribution >= 4 is 5.69 Å². The molecule has 0 bridgehead atoms. The Morgan fingerprint density at radius 1 is 1.32 bits per heavy atom. The monoisotopic (exact) mass is 260 g/mol. The normalized spacial score (nSPS) is 16.1. The van der Waals surface area contributed by atoms with Crippen LogP contribution in [0.5, 0.6) is 11.5 Å². The van der Waals surface area contributed by atoms with Crippen LogP contribution in [0.1, 0.15) is 24.8 Å². The third-order valence-electron chi connectivity index (χ3n) is 3.95. The predicted octanol–water partition coefficient (Wildman–Crippen LogP) is 3.12. The first-order chi connectivity index (χ1) is 9.15. The maximum atomic E-state index is 9.24. The van der Waals surface area contributed by atoms with E-state index in [0.29, 0.717) is 6.54 Å². The Morgan fingerprint density at radius 2 is 2.05 bits per heavy atom. The topological polar surface area (TPSA) is 54.3 Å². The van der Waals surface area contributed by atoms with Crippen LogP contribution in [0.25, 0.3) is 0 Å². The molecule has 0 atom stereocenters. The van der Waals surface area contributed by atoms with Gasteiger partial charge >= 0.3 is 0 Å². The lowest BCUT2D eigenvalue weighted by Crippen LogP contribution is -2.35. The van der Waals surface area contributed by atoms with Gasteiger partial charge in [-0.25, -0.2) is 0 Å². The zero-order chi connectivity index (χ0) is 13.9. The van der Waals surface area contributed by atoms with Crippen LogP contribution in [0.2, 0.25) is 0 Å². The molecule has 0 saturated heterocycles. The molecule has 0 unspecified atom stereocenters. The van der Waals surface area contributed by atoms with Crippen molar-refractivity contribution in [3.63, 3.8) is 0 Å². The Morgan fingerprint density at radius 3 is 2.53 bits per heavy atom. The molecule has 0 aromatic heterocycles. The van der Waals surface area contributed by atoms with Gasteiger partial charge in [0.1, 0.15) is 11.5 Å². The standard InChI is InChI=1S/C15H20N2O2/c1-11-13(18-2)6-5-12(14(11)19-3)17-10-15(9-16)7-4-8-15/h5-6,17H,4,7-8,10H2,1-3H3. The van der Waals surface area contributed by atoms with Gasteiger partial charge in [-0.1, -0.05) is 6.42 Å². The summed E-state index contributed by atoms with van der Waals surface area (Å²) >= 11 is 0. The third-order valence-corrected chi connectivity index (χ3v) is 3.95. The van der Waals surface area contributed by atoms with E-state index in [0.717, 1.165) is 42.0 Å². The second-order valence-electron chi connectivity index (χ2n) is 5.07. The highest BCUT2D eigenvalue weighted by Crippen LogP contribution is 2.41. The fourth-order valence-corrected chi connectivity index (χ4v) is 2.49. The summed E-state index contributed by atoms with van der Waals surface area (Å²) in [5.41, 5.74) is 1.69. The van der Waals surface area contributed by atoms with E-state index in [1.807, 2.05) is 19.1 Å². The van der Waals surface area contributed by atoms with Crippen LogP contribution in [0.4, 0.5) is 5.69 Å². The molecule has 0 heterocycles. The minimum absolute atomic E-state index is 0.196. The smallest absolute Gasteiger partial charge is 0.148 e. The number of anilines is 1. The third kappa shape index (κ3) is 2.46. The number of ether oxygens (including phenoxy) is 2. The molecule has 1 aliphatic rings. The van der Waals surface area contributed by atoms with Crippen molar-refractivity contribution in [2.45, 2.75) is 26.2 Å². The van der Waals surface area contributed by atoms with Crippen molar-refractivity contribution < 1.29 is 9.47 Å². The second-order valence-corrected chi connectivity index (χ2v) is 5.07. The SMILES string of the molecule is COc1ccc(NCC2(C#N)CCC2)c(OC)c1C. The van der Waals surface area contributed by atoms with E-state index in [1.165, 1.54) is 0 Å². The molecule has 19 heavy (non-hydrogen) atoms. The average Bonchev–Trinajstić information content (AvgIpc) is 2.38. The molecule has 4 nitrogen and oxygen atoms in total. The summed E-state index contributed by atoms with van der Waals surface area (Å²) in [6.07, 6.45) is 3.11. The Kier molecular flexibility index (Phi) is 3.84. The predicted molar refractivity (Wildman–Crippen MR) is 74.7 cm³/mol. The summed E-state index contributed by atoms with van der Waals surface area (Å²) in [4.78, 5) is 0. The molecule has 0 spiro atoms. The number of hydrogen-bond acceptors (Lipinski definition) is 4. The van der Waals surface area contributed by atoms with Crippen molar-refractivity contribution in [1.82, 2.24) is 0 Å². The number of methoxy groups -OCH3 is 2. The molecule has 1 saturated carbocycles. The first-order valence-electron chi connectivity index (χ1n) is 6.52. The van der Waals surface area contributed by atoms with Crippen LogP contribution in [-0.2, 0) is 0 Å². The van der Waals surface area contributed by atoms with Crippen LogP contribution in [0.15, 0.2) is 12.1 Å². The summed E-state index contributed by atoms with van der Waals surface area (Å²) < 4.78 is 10.7. The fraction of sp³-hybridized carbons (Fsp3) is 0.533. The summed E-state index contributed by atoms with van der Waals surface area (Å²) in [5.74, 6) is 1.59. The first-order valence-corrected chi connectivity index (χ1v) is 6.52. The molecule has 1 fully saturated rings. The Hall–Kier alpha value is -1.89. The zero-order valence-corrected chi connectivity index (χ0v) is 11.7. The number of nitrogens with one attached hydrogen (secondary N) is 1. The van der Waals surface area contributed by atoms with E-state index < -0.39 is 0 Å². The van der Waals surface area contributed by atoms with E-state index in [2.05, 4.69) is 11.4 Å². The summed E-state index contributed by atoms with van der Waals surface area (Å²) in [6.45, 7) is 2.64. The van der Waals surface area contributed by atoms with Crippen molar-refractivity contribution in [3.8, 4) is 17.6 Å². The van der Waals surface area contributed by atoms with E-state index in [4.69, 9.17) is 9.47 Å². The van der Waals surface area contributed by atoms with E-state index in [-0.39, 0.29) is 5.41 Å². The number of hydrogen-bond donors (Lipinski definition) is 1. The molecular formula is C15H20N2O2. The maximum absolute atomic E-state index is 9.24. The lowest BCUT2D eigenvalue weighted by Gasteiger charge is -2.35. The number of nitriles is 1. The number of rotatable bonds is 5. The average molecular weight is 260 g/mol. The number of benzene rings is 1. The molecule has 1 aliphatic carbocycles. The molecule has 1 aromatic rings. The molecule has 1 N–H and O–H groups in total. The molecular weight excluding hydrogens is 240 g/mol. The van der Waals surface area contributed by atoms with E-state index >= 15 is 0 Å². The Balaban J connectivity index is 2.17. The van der Waals surface area contributed by atoms with Gasteiger partial charge in [0, 0.05) is 12.1 Å². The van der Waals surface area contributed by atoms with Crippen LogP contribution in [0, 0.1) is 23.7 Å². The zero-order valence-electron chi connectivity index (χ0n) is 11.7. The minimum Gasteiger partial charge on any atom is -0.496 e. The Labute approximate surface area is 114 Å². The van der Waals surface area contributed by atoms with Crippen LogP contribution in [-0.4, -0.2) is 20.8 Å². The van der Waals surface area contributed by atoms with E-state index in [1.54, 1.807) is 14.2 Å². The van der Waals surface area contributed by atoms with Crippen molar-refractivity contribution in [2.24, 2.45) is 5.41 Å².